The Bertz CT molecular complexity index is 698. The maximum Gasteiger partial charge on any atom is 0.328 e. The minimum Gasteiger partial charge on any atom is -0.421 e. The fraction of sp³-hybridized carbons (Fsp3) is 0.167. The van der Waals surface area contributed by atoms with Crippen molar-refractivity contribution in [2.24, 2.45) is 5.84 Å². The number of nitrogens with one attached hydrogen (secondary N) is 1. The number of nitriles is 1. The summed E-state index contributed by atoms with van der Waals surface area (Å²) in [5.74, 6) is 4.84. The summed E-state index contributed by atoms with van der Waals surface area (Å²) in [6, 6.07) is 5.52. The Labute approximate surface area is 120 Å². The molecule has 0 unspecified atom stereocenters. The Morgan fingerprint density at radius 1 is 1.33 bits per heavy atom. The molecular formula is C12H12FN7O. The van der Waals surface area contributed by atoms with E-state index in [-0.39, 0.29) is 23.3 Å². The number of anilines is 2. The van der Waals surface area contributed by atoms with E-state index in [0.717, 1.165) is 6.07 Å². The number of nitrogens with two attached hydrogens (primary N) is 1. The molecule has 1 aromatic heterocycles. The number of nitrogen functional groups attached to an aromatic ring is 1. The minimum atomic E-state index is -0.692. The molecule has 0 amide bonds. The average molecular weight is 289 g/mol. The van der Waals surface area contributed by atoms with Crippen molar-refractivity contribution in [1.82, 2.24) is 15.0 Å². The van der Waals surface area contributed by atoms with Crippen LogP contribution in [0.5, 0.6) is 11.8 Å². The van der Waals surface area contributed by atoms with Gasteiger partial charge in [0.05, 0.1) is 11.6 Å². The third-order valence-corrected chi connectivity index (χ3v) is 2.39. The largest absolute Gasteiger partial charge is 0.421 e. The molecule has 0 aliphatic rings. The van der Waals surface area contributed by atoms with Gasteiger partial charge in [-0.15, -0.1) is 0 Å². The third kappa shape index (κ3) is 3.31. The number of halogens is 1. The van der Waals surface area contributed by atoms with Crippen molar-refractivity contribution >= 4 is 11.9 Å². The molecule has 0 aliphatic heterocycles. The molecule has 108 valence electrons. The highest BCUT2D eigenvalue weighted by Gasteiger charge is 2.12. The van der Waals surface area contributed by atoms with Gasteiger partial charge in [0.15, 0.2) is 11.6 Å². The molecule has 1 aromatic carbocycles. The fourth-order valence-corrected chi connectivity index (χ4v) is 1.41. The second kappa shape index (κ2) is 5.98. The molecular weight excluding hydrogens is 277 g/mol. The van der Waals surface area contributed by atoms with E-state index in [1.165, 1.54) is 12.1 Å². The normalized spacial score (nSPS) is 9.86. The van der Waals surface area contributed by atoms with Gasteiger partial charge in [-0.3, -0.25) is 5.43 Å². The lowest BCUT2D eigenvalue weighted by Gasteiger charge is -2.12. The Kier molecular flexibility index (Phi) is 4.10. The number of hydrazine groups is 1. The first-order valence-electron chi connectivity index (χ1n) is 5.81. The van der Waals surface area contributed by atoms with Crippen LogP contribution in [0.25, 0.3) is 0 Å². The van der Waals surface area contributed by atoms with E-state index in [0.29, 0.717) is 5.95 Å². The van der Waals surface area contributed by atoms with Crippen molar-refractivity contribution in [2.45, 2.75) is 0 Å². The first-order chi connectivity index (χ1) is 10.0. The SMILES string of the molecule is CN(C)c1nc(NN)nc(Oc2ccc(C#N)cc2F)n1. The van der Waals surface area contributed by atoms with Crippen LogP contribution in [-0.2, 0) is 0 Å². The molecule has 0 fully saturated rings. The molecule has 0 radical (unpaired) electrons. The van der Waals surface area contributed by atoms with Gasteiger partial charge in [0.25, 0.3) is 0 Å². The van der Waals surface area contributed by atoms with E-state index in [1.807, 2.05) is 6.07 Å². The quantitative estimate of drug-likeness (QED) is 0.633. The lowest BCUT2D eigenvalue weighted by molar-refractivity contribution is 0.410. The van der Waals surface area contributed by atoms with Gasteiger partial charge in [-0.1, -0.05) is 0 Å². The van der Waals surface area contributed by atoms with Crippen molar-refractivity contribution < 1.29 is 9.13 Å². The molecule has 9 heteroatoms. The van der Waals surface area contributed by atoms with E-state index in [4.69, 9.17) is 15.8 Å². The molecule has 21 heavy (non-hydrogen) atoms. The summed E-state index contributed by atoms with van der Waals surface area (Å²) >= 11 is 0. The number of hydrogen-bond acceptors (Lipinski definition) is 8. The molecule has 0 atom stereocenters. The van der Waals surface area contributed by atoms with Crippen molar-refractivity contribution in [2.75, 3.05) is 24.4 Å². The highest BCUT2D eigenvalue weighted by atomic mass is 19.1. The van der Waals surface area contributed by atoms with E-state index >= 15 is 0 Å². The number of rotatable bonds is 4. The average Bonchev–Trinajstić information content (AvgIpc) is 2.48. The van der Waals surface area contributed by atoms with Crippen LogP contribution in [0, 0.1) is 17.1 Å². The van der Waals surface area contributed by atoms with Crippen LogP contribution in [-0.4, -0.2) is 29.0 Å². The fourth-order valence-electron chi connectivity index (χ4n) is 1.41. The zero-order valence-electron chi connectivity index (χ0n) is 11.3. The predicted octanol–water partition coefficient (Wildman–Crippen LogP) is 1.03. The molecule has 2 aromatic rings. The second-order valence-corrected chi connectivity index (χ2v) is 4.14. The van der Waals surface area contributed by atoms with Gasteiger partial charge >= 0.3 is 6.01 Å². The summed E-state index contributed by atoms with van der Waals surface area (Å²) in [7, 11) is 3.45. The Morgan fingerprint density at radius 3 is 2.67 bits per heavy atom. The summed E-state index contributed by atoms with van der Waals surface area (Å²) in [6.45, 7) is 0. The first kappa shape index (κ1) is 14.4. The standard InChI is InChI=1S/C12H12FN7O/c1-20(2)11-16-10(19-15)17-12(18-11)21-9-4-3-7(6-14)5-8(9)13/h3-5H,15H2,1-2H3,(H,16,17,18,19). The molecule has 3 N–H and O–H groups in total. The maximum atomic E-state index is 13.8. The van der Waals surface area contributed by atoms with Gasteiger partial charge in [0.2, 0.25) is 11.9 Å². The molecule has 0 bridgehead atoms. The van der Waals surface area contributed by atoms with Gasteiger partial charge in [-0.05, 0) is 18.2 Å². The molecule has 0 saturated carbocycles. The van der Waals surface area contributed by atoms with Gasteiger partial charge in [-0.2, -0.15) is 20.2 Å². The van der Waals surface area contributed by atoms with Crippen LogP contribution in [0.4, 0.5) is 16.3 Å². The first-order valence-corrected chi connectivity index (χ1v) is 5.81. The molecule has 8 nitrogen and oxygen atoms in total. The molecule has 0 saturated heterocycles. The smallest absolute Gasteiger partial charge is 0.328 e. The lowest BCUT2D eigenvalue weighted by atomic mass is 10.2. The van der Waals surface area contributed by atoms with Crippen LogP contribution in [0.15, 0.2) is 18.2 Å². The Balaban J connectivity index is 2.35. The maximum absolute atomic E-state index is 13.8. The van der Waals surface area contributed by atoms with E-state index in [2.05, 4.69) is 20.4 Å². The van der Waals surface area contributed by atoms with Crippen molar-refractivity contribution in [1.29, 1.82) is 5.26 Å². The van der Waals surface area contributed by atoms with E-state index in [9.17, 15) is 4.39 Å². The van der Waals surface area contributed by atoms with Crippen molar-refractivity contribution in [3.8, 4) is 17.8 Å². The Hall–Kier alpha value is -2.99. The third-order valence-electron chi connectivity index (χ3n) is 2.39. The summed E-state index contributed by atoms with van der Waals surface area (Å²) in [6.07, 6.45) is 0. The summed E-state index contributed by atoms with van der Waals surface area (Å²) in [4.78, 5) is 13.5. The summed E-state index contributed by atoms with van der Waals surface area (Å²) < 4.78 is 19.0. The summed E-state index contributed by atoms with van der Waals surface area (Å²) in [5, 5.41) is 8.69. The minimum absolute atomic E-state index is 0.0813. The Morgan fingerprint density at radius 2 is 2.10 bits per heavy atom. The van der Waals surface area contributed by atoms with Crippen LogP contribution >= 0.6 is 0 Å². The summed E-state index contributed by atoms with van der Waals surface area (Å²) in [5.41, 5.74) is 2.46. The molecule has 0 aliphatic carbocycles. The second-order valence-electron chi connectivity index (χ2n) is 4.14. The lowest BCUT2D eigenvalue weighted by Crippen LogP contribution is -2.17. The van der Waals surface area contributed by atoms with Gasteiger partial charge in [0, 0.05) is 14.1 Å². The van der Waals surface area contributed by atoms with E-state index in [1.54, 1.807) is 19.0 Å². The zero-order valence-corrected chi connectivity index (χ0v) is 11.3. The van der Waals surface area contributed by atoms with Gasteiger partial charge in [0.1, 0.15) is 0 Å². The van der Waals surface area contributed by atoms with Gasteiger partial charge < -0.3 is 9.64 Å². The highest BCUT2D eigenvalue weighted by Crippen LogP contribution is 2.24. The van der Waals surface area contributed by atoms with Crippen LogP contribution in [0.3, 0.4) is 0 Å². The van der Waals surface area contributed by atoms with Crippen LogP contribution in [0.1, 0.15) is 5.56 Å². The number of aromatic nitrogens is 3. The number of hydrogen-bond donors (Lipinski definition) is 2. The van der Waals surface area contributed by atoms with Crippen LogP contribution < -0.4 is 20.9 Å². The van der Waals surface area contributed by atoms with Crippen molar-refractivity contribution in [3.05, 3.63) is 29.6 Å². The van der Waals surface area contributed by atoms with E-state index < -0.39 is 5.82 Å². The highest BCUT2D eigenvalue weighted by molar-refractivity contribution is 5.39. The molecule has 2 rings (SSSR count). The monoisotopic (exact) mass is 289 g/mol. The zero-order chi connectivity index (χ0) is 15.4. The number of ether oxygens (including phenoxy) is 1. The number of nitrogens with zero attached hydrogens (tertiary/aromatic N) is 5. The topological polar surface area (TPSA) is 113 Å². The van der Waals surface area contributed by atoms with Crippen LogP contribution in [0.2, 0.25) is 0 Å². The molecule has 1 heterocycles. The number of benzene rings is 1. The predicted molar refractivity (Wildman–Crippen MR) is 73.2 cm³/mol. The van der Waals surface area contributed by atoms with Crippen molar-refractivity contribution in [3.63, 3.8) is 0 Å². The van der Waals surface area contributed by atoms with Gasteiger partial charge in [-0.25, -0.2) is 10.2 Å². The molecule has 0 spiro atoms.